The zero-order valence-electron chi connectivity index (χ0n) is 15.3. The van der Waals surface area contributed by atoms with E-state index in [1.165, 1.54) is 0 Å². The fourth-order valence-corrected chi connectivity index (χ4v) is 2.62. The fraction of sp³-hybridized carbons (Fsp3) is 0.611. The third-order valence-electron chi connectivity index (χ3n) is 3.37. The summed E-state index contributed by atoms with van der Waals surface area (Å²) in [7, 11) is 1.67. The summed E-state index contributed by atoms with van der Waals surface area (Å²) >= 11 is 3.47. The molecule has 0 atom stereocenters. The molecule has 1 aromatic carbocycles. The first-order valence-corrected chi connectivity index (χ1v) is 9.07. The summed E-state index contributed by atoms with van der Waals surface area (Å²) in [6.45, 7) is 10.5. The summed E-state index contributed by atoms with van der Waals surface area (Å²) in [5.41, 5.74) is 0.645. The average Bonchev–Trinajstić information content (AvgIpc) is 2.49. The van der Waals surface area contributed by atoms with Gasteiger partial charge >= 0.3 is 6.09 Å². The molecule has 1 aromatic rings. The fourth-order valence-electron chi connectivity index (χ4n) is 2.21. The first kappa shape index (κ1) is 20.8. The topological polar surface area (TPSA) is 50.8 Å². The Morgan fingerprint density at radius 1 is 1.33 bits per heavy atom. The van der Waals surface area contributed by atoms with Crippen LogP contribution >= 0.6 is 15.9 Å². The molecule has 24 heavy (non-hydrogen) atoms. The van der Waals surface area contributed by atoms with Crippen molar-refractivity contribution in [3.8, 4) is 5.75 Å². The van der Waals surface area contributed by atoms with Crippen LogP contribution in [0, 0.1) is 0 Å². The summed E-state index contributed by atoms with van der Waals surface area (Å²) in [6, 6.07) is 5.95. The van der Waals surface area contributed by atoms with Gasteiger partial charge in [0.05, 0.1) is 7.11 Å². The molecule has 0 aliphatic carbocycles. The van der Waals surface area contributed by atoms with Crippen LogP contribution in [0.4, 0.5) is 4.79 Å². The molecule has 6 heteroatoms. The maximum Gasteiger partial charge on any atom is 0.410 e. The zero-order chi connectivity index (χ0) is 18.2. The summed E-state index contributed by atoms with van der Waals surface area (Å²) in [5, 5.41) is 3.39. The second-order valence-electron chi connectivity index (χ2n) is 6.55. The third-order valence-corrected chi connectivity index (χ3v) is 3.87. The molecular weight excluding hydrogens is 372 g/mol. The molecule has 0 fully saturated rings. The van der Waals surface area contributed by atoms with Gasteiger partial charge < -0.3 is 19.7 Å². The Balaban J connectivity index is 2.37. The lowest BCUT2D eigenvalue weighted by atomic mass is 10.2. The van der Waals surface area contributed by atoms with Crippen LogP contribution in [0.15, 0.2) is 22.7 Å². The quantitative estimate of drug-likeness (QED) is 0.664. The predicted molar refractivity (Wildman–Crippen MR) is 100 cm³/mol. The summed E-state index contributed by atoms with van der Waals surface area (Å²) in [5.74, 6) is 0.870. The smallest absolute Gasteiger partial charge is 0.410 e. The monoisotopic (exact) mass is 400 g/mol. The van der Waals surface area contributed by atoms with E-state index in [0.717, 1.165) is 35.3 Å². The number of nitrogens with one attached hydrogen (secondary N) is 1. The van der Waals surface area contributed by atoms with Crippen LogP contribution in [0.25, 0.3) is 0 Å². The van der Waals surface area contributed by atoms with E-state index in [1.54, 1.807) is 12.0 Å². The Morgan fingerprint density at radius 2 is 2.04 bits per heavy atom. The number of carbonyl (C=O) groups excluding carboxylic acids is 1. The molecule has 0 spiro atoms. The van der Waals surface area contributed by atoms with E-state index < -0.39 is 5.60 Å². The minimum atomic E-state index is -0.458. The highest BCUT2D eigenvalue weighted by Gasteiger charge is 2.20. The molecule has 0 aliphatic heterocycles. The molecule has 0 radical (unpaired) electrons. The summed E-state index contributed by atoms with van der Waals surface area (Å²) in [6.07, 6.45) is 0.613. The van der Waals surface area contributed by atoms with Gasteiger partial charge in [0.2, 0.25) is 0 Å². The van der Waals surface area contributed by atoms with Gasteiger partial charge in [0.15, 0.2) is 0 Å². The van der Waals surface area contributed by atoms with Crippen molar-refractivity contribution < 1.29 is 14.3 Å². The SMILES string of the molecule is CCN(CCCNCc1cc(Br)ccc1OC)C(=O)OC(C)(C)C. The predicted octanol–water partition coefficient (Wildman–Crippen LogP) is 4.19. The van der Waals surface area contributed by atoms with Gasteiger partial charge in [0.25, 0.3) is 0 Å². The van der Waals surface area contributed by atoms with Crippen molar-refractivity contribution >= 4 is 22.0 Å². The summed E-state index contributed by atoms with van der Waals surface area (Å²) in [4.78, 5) is 13.8. The number of nitrogens with zero attached hydrogens (tertiary/aromatic N) is 1. The van der Waals surface area contributed by atoms with E-state index in [2.05, 4.69) is 21.2 Å². The van der Waals surface area contributed by atoms with Crippen molar-refractivity contribution in [3.05, 3.63) is 28.2 Å². The Morgan fingerprint density at radius 3 is 2.62 bits per heavy atom. The number of rotatable bonds is 8. The number of ether oxygens (including phenoxy) is 2. The van der Waals surface area contributed by atoms with Crippen LogP contribution in [-0.4, -0.2) is 43.3 Å². The molecule has 5 nitrogen and oxygen atoms in total. The molecule has 136 valence electrons. The molecule has 1 amide bonds. The molecule has 0 heterocycles. The molecule has 0 aromatic heterocycles. The Kier molecular flexibility index (Phi) is 8.56. The number of carbonyl (C=O) groups is 1. The van der Waals surface area contributed by atoms with Crippen molar-refractivity contribution in [1.29, 1.82) is 0 Å². The highest BCUT2D eigenvalue weighted by atomic mass is 79.9. The van der Waals surface area contributed by atoms with E-state index in [4.69, 9.17) is 9.47 Å². The van der Waals surface area contributed by atoms with E-state index in [9.17, 15) is 4.79 Å². The summed E-state index contributed by atoms with van der Waals surface area (Å²) < 4.78 is 11.8. The van der Waals surface area contributed by atoms with Crippen LogP contribution in [0.2, 0.25) is 0 Å². The van der Waals surface area contributed by atoms with Gasteiger partial charge in [-0.25, -0.2) is 4.79 Å². The van der Waals surface area contributed by atoms with Crippen molar-refractivity contribution in [3.63, 3.8) is 0 Å². The number of hydrogen-bond acceptors (Lipinski definition) is 4. The largest absolute Gasteiger partial charge is 0.496 e. The van der Waals surface area contributed by atoms with Gasteiger partial charge in [-0.15, -0.1) is 0 Å². The lowest BCUT2D eigenvalue weighted by Gasteiger charge is -2.26. The van der Waals surface area contributed by atoms with Crippen LogP contribution in [0.1, 0.15) is 39.7 Å². The first-order chi connectivity index (χ1) is 11.3. The molecule has 0 aliphatic rings. The van der Waals surface area contributed by atoms with E-state index in [0.29, 0.717) is 13.1 Å². The Hall–Kier alpha value is -1.27. The molecule has 1 N–H and O–H groups in total. The molecule has 0 bridgehead atoms. The Bertz CT molecular complexity index is 529. The van der Waals surface area contributed by atoms with Crippen LogP contribution in [0.5, 0.6) is 5.75 Å². The number of amides is 1. The van der Waals surface area contributed by atoms with E-state index >= 15 is 0 Å². The third kappa shape index (κ3) is 7.53. The number of methoxy groups -OCH3 is 1. The van der Waals surface area contributed by atoms with Crippen LogP contribution in [0.3, 0.4) is 0 Å². The highest BCUT2D eigenvalue weighted by molar-refractivity contribution is 9.10. The van der Waals surface area contributed by atoms with Gasteiger partial charge in [-0.1, -0.05) is 15.9 Å². The van der Waals surface area contributed by atoms with Gasteiger partial charge in [-0.05, 0) is 58.9 Å². The number of hydrogen-bond donors (Lipinski definition) is 1. The lowest BCUT2D eigenvalue weighted by molar-refractivity contribution is 0.0258. The Labute approximate surface area is 153 Å². The second kappa shape index (κ2) is 9.89. The molecule has 1 rings (SSSR count). The highest BCUT2D eigenvalue weighted by Crippen LogP contribution is 2.22. The molecular formula is C18H29BrN2O3. The maximum absolute atomic E-state index is 12.1. The van der Waals surface area contributed by atoms with Crippen LogP contribution in [-0.2, 0) is 11.3 Å². The van der Waals surface area contributed by atoms with Crippen molar-refractivity contribution in [2.75, 3.05) is 26.7 Å². The number of halogens is 1. The van der Waals surface area contributed by atoms with Crippen LogP contribution < -0.4 is 10.1 Å². The van der Waals surface area contributed by atoms with E-state index in [1.807, 2.05) is 45.9 Å². The average molecular weight is 401 g/mol. The van der Waals surface area contributed by atoms with Gasteiger partial charge in [0, 0.05) is 29.7 Å². The second-order valence-corrected chi connectivity index (χ2v) is 7.46. The molecule has 0 saturated heterocycles. The first-order valence-electron chi connectivity index (χ1n) is 8.28. The lowest BCUT2D eigenvalue weighted by Crippen LogP contribution is -2.38. The van der Waals surface area contributed by atoms with Crippen molar-refractivity contribution in [2.24, 2.45) is 0 Å². The minimum Gasteiger partial charge on any atom is -0.496 e. The number of benzene rings is 1. The maximum atomic E-state index is 12.1. The van der Waals surface area contributed by atoms with Gasteiger partial charge in [-0.3, -0.25) is 0 Å². The standard InChI is InChI=1S/C18H29BrN2O3/c1-6-21(17(22)24-18(2,3)4)11-7-10-20-13-14-12-15(19)8-9-16(14)23-5/h8-9,12,20H,6-7,10-11,13H2,1-5H3. The normalized spacial score (nSPS) is 11.2. The zero-order valence-corrected chi connectivity index (χ0v) is 16.9. The van der Waals surface area contributed by atoms with Crippen molar-refractivity contribution in [2.45, 2.75) is 46.3 Å². The van der Waals surface area contributed by atoms with Gasteiger partial charge in [0.1, 0.15) is 11.4 Å². The van der Waals surface area contributed by atoms with E-state index in [-0.39, 0.29) is 6.09 Å². The van der Waals surface area contributed by atoms with Gasteiger partial charge in [-0.2, -0.15) is 0 Å². The molecule has 0 unspecified atom stereocenters. The molecule has 0 saturated carbocycles. The van der Waals surface area contributed by atoms with Crippen molar-refractivity contribution in [1.82, 2.24) is 10.2 Å². The minimum absolute atomic E-state index is 0.251.